The predicted molar refractivity (Wildman–Crippen MR) is 73.0 cm³/mol. The number of nitrogens with zero attached hydrogens (tertiary/aromatic N) is 2. The molecule has 1 aromatic heterocycles. The topological polar surface area (TPSA) is 55.9 Å². The van der Waals surface area contributed by atoms with E-state index in [1.165, 1.54) is 6.42 Å². The van der Waals surface area contributed by atoms with Crippen molar-refractivity contribution in [3.05, 3.63) is 22.7 Å². The highest BCUT2D eigenvalue weighted by molar-refractivity contribution is 9.10. The first kappa shape index (κ1) is 11.0. The van der Waals surface area contributed by atoms with Crippen LogP contribution in [0.5, 0.6) is 0 Å². The van der Waals surface area contributed by atoms with Crippen LogP contribution in [0.25, 0.3) is 11.0 Å². The summed E-state index contributed by atoms with van der Waals surface area (Å²) in [4.78, 5) is 4.43. The number of hydrogen-bond donors (Lipinski definition) is 2. The van der Waals surface area contributed by atoms with Crippen LogP contribution in [0.1, 0.15) is 18.9 Å². The molecule has 1 aliphatic rings. The summed E-state index contributed by atoms with van der Waals surface area (Å²) in [5, 5.41) is 3.42. The van der Waals surface area contributed by atoms with Crippen molar-refractivity contribution in [3.63, 3.8) is 0 Å². The minimum Gasteiger partial charge on any atom is -0.369 e. The smallest absolute Gasteiger partial charge is 0.201 e. The van der Waals surface area contributed by atoms with E-state index in [-0.39, 0.29) is 0 Å². The van der Waals surface area contributed by atoms with Crippen LogP contribution in [0, 0.1) is 0 Å². The summed E-state index contributed by atoms with van der Waals surface area (Å²) >= 11 is 3.59. The van der Waals surface area contributed by atoms with E-state index >= 15 is 0 Å². The number of rotatable bonds is 1. The quantitative estimate of drug-likeness (QED) is 0.849. The number of nitrogens with one attached hydrogen (secondary N) is 1. The third kappa shape index (κ3) is 1.83. The van der Waals surface area contributed by atoms with Crippen LogP contribution in [-0.2, 0) is 0 Å². The number of imidazole rings is 1. The van der Waals surface area contributed by atoms with E-state index in [4.69, 9.17) is 5.73 Å². The van der Waals surface area contributed by atoms with Gasteiger partial charge in [0.2, 0.25) is 5.95 Å². The molecule has 1 aliphatic heterocycles. The monoisotopic (exact) mass is 294 g/mol. The van der Waals surface area contributed by atoms with Crippen LogP contribution in [0.4, 0.5) is 5.95 Å². The average molecular weight is 295 g/mol. The van der Waals surface area contributed by atoms with Crippen molar-refractivity contribution >= 4 is 32.9 Å². The summed E-state index contributed by atoms with van der Waals surface area (Å²) in [6.45, 7) is 2.07. The molecule has 1 unspecified atom stereocenters. The Morgan fingerprint density at radius 3 is 3.12 bits per heavy atom. The van der Waals surface area contributed by atoms with Crippen LogP contribution in [0.3, 0.4) is 0 Å². The molecule has 90 valence electrons. The van der Waals surface area contributed by atoms with Crippen molar-refractivity contribution in [2.24, 2.45) is 0 Å². The van der Waals surface area contributed by atoms with Gasteiger partial charge in [-0.15, -0.1) is 0 Å². The molecule has 0 amide bonds. The minimum absolute atomic E-state index is 0.410. The Morgan fingerprint density at radius 2 is 2.35 bits per heavy atom. The summed E-state index contributed by atoms with van der Waals surface area (Å²) in [6.07, 6.45) is 2.35. The average Bonchev–Trinajstić information content (AvgIpc) is 2.68. The van der Waals surface area contributed by atoms with Gasteiger partial charge in [0.05, 0.1) is 11.0 Å². The Morgan fingerprint density at radius 1 is 1.47 bits per heavy atom. The molecule has 0 spiro atoms. The third-order valence-corrected chi connectivity index (χ3v) is 3.96. The van der Waals surface area contributed by atoms with Gasteiger partial charge in [-0.25, -0.2) is 4.98 Å². The second-order valence-electron chi connectivity index (χ2n) is 4.45. The number of aromatic nitrogens is 2. The number of piperidine rings is 1. The van der Waals surface area contributed by atoms with Gasteiger partial charge >= 0.3 is 0 Å². The van der Waals surface area contributed by atoms with Crippen LogP contribution in [0.2, 0.25) is 0 Å². The highest BCUT2D eigenvalue weighted by Crippen LogP contribution is 2.31. The van der Waals surface area contributed by atoms with E-state index < -0.39 is 0 Å². The second kappa shape index (κ2) is 4.31. The van der Waals surface area contributed by atoms with Gasteiger partial charge in [0, 0.05) is 17.1 Å². The Hall–Kier alpha value is -1.07. The first-order chi connectivity index (χ1) is 8.27. The number of para-hydroxylation sites is 1. The molecule has 3 N–H and O–H groups in total. The largest absolute Gasteiger partial charge is 0.369 e. The van der Waals surface area contributed by atoms with Gasteiger partial charge in [-0.3, -0.25) is 0 Å². The molecule has 1 fully saturated rings. The summed E-state index contributed by atoms with van der Waals surface area (Å²) in [5.74, 6) is 0.612. The Balaban J connectivity index is 2.16. The van der Waals surface area contributed by atoms with E-state index in [0.717, 1.165) is 35.0 Å². The van der Waals surface area contributed by atoms with Gasteiger partial charge in [0.1, 0.15) is 0 Å². The summed E-state index contributed by atoms with van der Waals surface area (Å²) < 4.78 is 3.22. The number of halogens is 1. The summed E-state index contributed by atoms with van der Waals surface area (Å²) in [7, 11) is 0. The van der Waals surface area contributed by atoms with Gasteiger partial charge in [0.25, 0.3) is 0 Å². The minimum atomic E-state index is 0.410. The number of nitrogen functional groups attached to an aromatic ring is 1. The van der Waals surface area contributed by atoms with E-state index in [1.54, 1.807) is 0 Å². The first-order valence-electron chi connectivity index (χ1n) is 5.90. The number of fused-ring (bicyclic) bond motifs is 1. The van der Waals surface area contributed by atoms with Gasteiger partial charge in [-0.1, -0.05) is 6.07 Å². The van der Waals surface area contributed by atoms with Crippen LogP contribution >= 0.6 is 15.9 Å². The molecule has 0 bridgehead atoms. The van der Waals surface area contributed by atoms with Crippen LogP contribution in [-0.4, -0.2) is 22.6 Å². The molecule has 1 atom stereocenters. The fraction of sp³-hybridized carbons (Fsp3) is 0.417. The zero-order chi connectivity index (χ0) is 11.8. The van der Waals surface area contributed by atoms with Crippen molar-refractivity contribution < 1.29 is 0 Å². The number of anilines is 1. The number of nitrogens with two attached hydrogens (primary N) is 1. The second-order valence-corrected chi connectivity index (χ2v) is 5.30. The molecular formula is C12H15BrN4. The number of hydrogen-bond acceptors (Lipinski definition) is 3. The fourth-order valence-corrected chi connectivity index (χ4v) is 3.09. The molecule has 0 aliphatic carbocycles. The van der Waals surface area contributed by atoms with Gasteiger partial charge < -0.3 is 15.6 Å². The predicted octanol–water partition coefficient (Wildman–Crippen LogP) is 2.31. The maximum Gasteiger partial charge on any atom is 0.201 e. The molecule has 2 aromatic rings. The molecule has 0 radical (unpaired) electrons. The Labute approximate surface area is 108 Å². The molecule has 4 nitrogen and oxygen atoms in total. The molecule has 0 saturated carbocycles. The molecule has 5 heteroatoms. The molecular weight excluding hydrogens is 280 g/mol. The lowest BCUT2D eigenvalue weighted by Gasteiger charge is -2.25. The van der Waals surface area contributed by atoms with E-state index in [2.05, 4.69) is 30.8 Å². The van der Waals surface area contributed by atoms with E-state index in [9.17, 15) is 0 Å². The zero-order valence-electron chi connectivity index (χ0n) is 9.49. The Kier molecular flexibility index (Phi) is 2.80. The lowest BCUT2D eigenvalue weighted by molar-refractivity contribution is 0.381. The van der Waals surface area contributed by atoms with Crippen molar-refractivity contribution in [3.8, 4) is 0 Å². The van der Waals surface area contributed by atoms with Crippen molar-refractivity contribution in [2.45, 2.75) is 18.9 Å². The lowest BCUT2D eigenvalue weighted by Crippen LogP contribution is -2.32. The highest BCUT2D eigenvalue weighted by atomic mass is 79.9. The lowest BCUT2D eigenvalue weighted by atomic mass is 10.1. The first-order valence-corrected chi connectivity index (χ1v) is 6.69. The van der Waals surface area contributed by atoms with E-state index in [1.807, 2.05) is 18.2 Å². The molecule has 2 heterocycles. The Bertz CT molecular complexity index is 543. The zero-order valence-corrected chi connectivity index (χ0v) is 11.1. The highest BCUT2D eigenvalue weighted by Gasteiger charge is 2.21. The summed E-state index contributed by atoms with van der Waals surface area (Å²) in [6, 6.07) is 6.44. The van der Waals surface area contributed by atoms with Gasteiger partial charge in [0.15, 0.2) is 0 Å². The third-order valence-electron chi connectivity index (χ3n) is 3.32. The van der Waals surface area contributed by atoms with E-state index in [0.29, 0.717) is 12.0 Å². The van der Waals surface area contributed by atoms with Gasteiger partial charge in [-0.2, -0.15) is 0 Å². The van der Waals surface area contributed by atoms with Crippen molar-refractivity contribution in [2.75, 3.05) is 18.8 Å². The molecule has 17 heavy (non-hydrogen) atoms. The van der Waals surface area contributed by atoms with Crippen LogP contribution < -0.4 is 11.1 Å². The maximum absolute atomic E-state index is 6.06. The van der Waals surface area contributed by atoms with Crippen LogP contribution in [0.15, 0.2) is 22.7 Å². The van der Waals surface area contributed by atoms with Crippen molar-refractivity contribution in [1.29, 1.82) is 0 Å². The maximum atomic E-state index is 6.06. The SMILES string of the molecule is Nc1nc2cccc(Br)c2n1C1CCCNC1. The molecule has 1 aromatic carbocycles. The molecule has 3 rings (SSSR count). The fourth-order valence-electron chi connectivity index (χ4n) is 2.55. The van der Waals surface area contributed by atoms with Gasteiger partial charge in [-0.05, 0) is 47.4 Å². The van der Waals surface area contributed by atoms with Crippen molar-refractivity contribution in [1.82, 2.24) is 14.9 Å². The molecule has 1 saturated heterocycles. The summed E-state index contributed by atoms with van der Waals surface area (Å²) in [5.41, 5.74) is 8.13. The standard InChI is InChI=1S/C12H15BrN4/c13-9-4-1-5-10-11(9)17(12(14)16-10)8-3-2-6-15-7-8/h1,4-5,8,15H,2-3,6-7H2,(H2,14,16). The number of benzene rings is 1. The normalized spacial score (nSPS) is 20.9.